The van der Waals surface area contributed by atoms with Gasteiger partial charge in [0.15, 0.2) is 0 Å². The van der Waals surface area contributed by atoms with E-state index in [0.29, 0.717) is 12.0 Å². The Bertz CT molecular complexity index is 392. The van der Waals surface area contributed by atoms with Crippen molar-refractivity contribution in [2.45, 2.75) is 46.1 Å². The molecule has 0 bridgehead atoms. The first-order chi connectivity index (χ1) is 7.99. The SMILES string of the molecule is CC(C)(C)CCc1cccc2c1OC(CN)C2. The number of nitrogens with two attached hydrogens (primary N) is 1. The Balaban J connectivity index is 2.13. The number of aryl methyl sites for hydroxylation is 1. The van der Waals surface area contributed by atoms with Crippen LogP contribution in [0.5, 0.6) is 5.75 Å². The third kappa shape index (κ3) is 3.01. The molecule has 94 valence electrons. The Morgan fingerprint density at radius 3 is 2.76 bits per heavy atom. The van der Waals surface area contributed by atoms with E-state index in [0.717, 1.165) is 18.6 Å². The van der Waals surface area contributed by atoms with E-state index < -0.39 is 0 Å². The number of hydrogen-bond donors (Lipinski definition) is 1. The number of benzene rings is 1. The monoisotopic (exact) mass is 233 g/mol. The molecule has 0 amide bonds. The Labute approximate surface area is 104 Å². The fourth-order valence-electron chi connectivity index (χ4n) is 2.24. The number of para-hydroxylation sites is 1. The Morgan fingerprint density at radius 2 is 2.12 bits per heavy atom. The molecule has 1 aliphatic heterocycles. The van der Waals surface area contributed by atoms with Crippen LogP contribution in [0, 0.1) is 5.41 Å². The topological polar surface area (TPSA) is 35.2 Å². The number of hydrogen-bond acceptors (Lipinski definition) is 2. The molecule has 0 aliphatic carbocycles. The Kier molecular flexibility index (Phi) is 3.43. The van der Waals surface area contributed by atoms with Crippen molar-refractivity contribution in [3.8, 4) is 5.75 Å². The summed E-state index contributed by atoms with van der Waals surface area (Å²) in [7, 11) is 0. The van der Waals surface area contributed by atoms with Crippen LogP contribution in [0.15, 0.2) is 18.2 Å². The van der Waals surface area contributed by atoms with Crippen molar-refractivity contribution in [3.05, 3.63) is 29.3 Å². The highest BCUT2D eigenvalue weighted by atomic mass is 16.5. The van der Waals surface area contributed by atoms with Gasteiger partial charge >= 0.3 is 0 Å². The largest absolute Gasteiger partial charge is 0.488 e. The molecule has 2 rings (SSSR count). The smallest absolute Gasteiger partial charge is 0.126 e. The molecular weight excluding hydrogens is 210 g/mol. The van der Waals surface area contributed by atoms with Crippen LogP contribution in [0.2, 0.25) is 0 Å². The van der Waals surface area contributed by atoms with E-state index >= 15 is 0 Å². The summed E-state index contributed by atoms with van der Waals surface area (Å²) in [6.45, 7) is 7.44. The lowest BCUT2D eigenvalue weighted by Crippen LogP contribution is -2.24. The highest BCUT2D eigenvalue weighted by Gasteiger charge is 2.24. The molecule has 0 spiro atoms. The number of fused-ring (bicyclic) bond motifs is 1. The highest BCUT2D eigenvalue weighted by Crippen LogP contribution is 2.34. The zero-order chi connectivity index (χ0) is 12.5. The fourth-order valence-corrected chi connectivity index (χ4v) is 2.24. The van der Waals surface area contributed by atoms with Gasteiger partial charge in [-0.05, 0) is 29.4 Å². The number of rotatable bonds is 3. The van der Waals surface area contributed by atoms with E-state index in [1.54, 1.807) is 0 Å². The van der Waals surface area contributed by atoms with E-state index in [1.807, 2.05) is 0 Å². The van der Waals surface area contributed by atoms with Gasteiger partial charge in [-0.3, -0.25) is 0 Å². The maximum atomic E-state index is 5.93. The normalized spacial score (nSPS) is 18.9. The van der Waals surface area contributed by atoms with Gasteiger partial charge in [0.25, 0.3) is 0 Å². The van der Waals surface area contributed by atoms with Crippen LogP contribution < -0.4 is 10.5 Å². The molecule has 0 fully saturated rings. The van der Waals surface area contributed by atoms with Gasteiger partial charge in [-0.15, -0.1) is 0 Å². The molecule has 1 aromatic rings. The second-order valence-electron chi connectivity index (χ2n) is 6.15. The van der Waals surface area contributed by atoms with Crippen LogP contribution in [-0.2, 0) is 12.8 Å². The quantitative estimate of drug-likeness (QED) is 0.871. The molecule has 2 nitrogen and oxygen atoms in total. The third-order valence-electron chi connectivity index (χ3n) is 3.32. The van der Waals surface area contributed by atoms with Crippen molar-refractivity contribution in [1.29, 1.82) is 0 Å². The summed E-state index contributed by atoms with van der Waals surface area (Å²) in [5.41, 5.74) is 8.72. The lowest BCUT2D eigenvalue weighted by atomic mass is 9.88. The fraction of sp³-hybridized carbons (Fsp3) is 0.600. The van der Waals surface area contributed by atoms with Gasteiger partial charge in [-0.25, -0.2) is 0 Å². The second-order valence-corrected chi connectivity index (χ2v) is 6.15. The van der Waals surface area contributed by atoms with Crippen LogP contribution in [0.4, 0.5) is 0 Å². The summed E-state index contributed by atoms with van der Waals surface area (Å²) in [6, 6.07) is 6.48. The van der Waals surface area contributed by atoms with Crippen molar-refractivity contribution in [2.24, 2.45) is 11.1 Å². The molecule has 2 heteroatoms. The molecule has 0 saturated carbocycles. The van der Waals surface area contributed by atoms with Crippen molar-refractivity contribution in [1.82, 2.24) is 0 Å². The van der Waals surface area contributed by atoms with Gasteiger partial charge in [0.2, 0.25) is 0 Å². The lowest BCUT2D eigenvalue weighted by molar-refractivity contribution is 0.238. The summed E-state index contributed by atoms with van der Waals surface area (Å²) in [6.07, 6.45) is 3.42. The molecule has 1 heterocycles. The first-order valence-electron chi connectivity index (χ1n) is 6.47. The van der Waals surface area contributed by atoms with Crippen molar-refractivity contribution in [2.75, 3.05) is 6.54 Å². The van der Waals surface area contributed by atoms with Crippen molar-refractivity contribution < 1.29 is 4.74 Å². The molecule has 1 atom stereocenters. The zero-order valence-electron chi connectivity index (χ0n) is 11.1. The van der Waals surface area contributed by atoms with Gasteiger partial charge < -0.3 is 10.5 Å². The minimum atomic E-state index is 0.181. The maximum absolute atomic E-state index is 5.93. The third-order valence-corrected chi connectivity index (χ3v) is 3.32. The van der Waals surface area contributed by atoms with E-state index in [-0.39, 0.29) is 6.10 Å². The molecule has 1 aromatic carbocycles. The van der Waals surface area contributed by atoms with Crippen molar-refractivity contribution >= 4 is 0 Å². The molecule has 1 unspecified atom stereocenters. The van der Waals surface area contributed by atoms with E-state index in [4.69, 9.17) is 10.5 Å². The van der Waals surface area contributed by atoms with E-state index in [2.05, 4.69) is 39.0 Å². The molecular formula is C15H23NO. The Morgan fingerprint density at radius 1 is 1.35 bits per heavy atom. The predicted octanol–water partition coefficient (Wildman–Crippen LogP) is 2.93. The average Bonchev–Trinajstić information content (AvgIpc) is 2.68. The van der Waals surface area contributed by atoms with Crippen LogP contribution >= 0.6 is 0 Å². The summed E-state index contributed by atoms with van der Waals surface area (Å²) >= 11 is 0. The molecule has 17 heavy (non-hydrogen) atoms. The Hall–Kier alpha value is -1.02. The molecule has 0 saturated heterocycles. The second kappa shape index (κ2) is 4.69. The van der Waals surface area contributed by atoms with Gasteiger partial charge in [-0.1, -0.05) is 39.0 Å². The molecule has 0 radical (unpaired) electrons. The zero-order valence-corrected chi connectivity index (χ0v) is 11.1. The molecule has 2 N–H and O–H groups in total. The van der Waals surface area contributed by atoms with Crippen LogP contribution in [0.1, 0.15) is 38.3 Å². The minimum Gasteiger partial charge on any atom is -0.488 e. The van der Waals surface area contributed by atoms with Gasteiger partial charge in [-0.2, -0.15) is 0 Å². The van der Waals surface area contributed by atoms with Crippen LogP contribution in [0.3, 0.4) is 0 Å². The van der Waals surface area contributed by atoms with Gasteiger partial charge in [0.05, 0.1) is 0 Å². The van der Waals surface area contributed by atoms with Crippen LogP contribution in [-0.4, -0.2) is 12.6 Å². The summed E-state index contributed by atoms with van der Waals surface area (Å²) in [4.78, 5) is 0. The maximum Gasteiger partial charge on any atom is 0.126 e. The highest BCUT2D eigenvalue weighted by molar-refractivity contribution is 5.45. The van der Waals surface area contributed by atoms with Crippen LogP contribution in [0.25, 0.3) is 0 Å². The molecule has 0 aromatic heterocycles. The first kappa shape index (κ1) is 12.4. The van der Waals surface area contributed by atoms with Crippen molar-refractivity contribution in [3.63, 3.8) is 0 Å². The van der Waals surface area contributed by atoms with E-state index in [1.165, 1.54) is 17.5 Å². The van der Waals surface area contributed by atoms with E-state index in [9.17, 15) is 0 Å². The lowest BCUT2D eigenvalue weighted by Gasteiger charge is -2.19. The predicted molar refractivity (Wildman–Crippen MR) is 71.4 cm³/mol. The summed E-state index contributed by atoms with van der Waals surface area (Å²) in [5.74, 6) is 1.10. The minimum absolute atomic E-state index is 0.181. The summed E-state index contributed by atoms with van der Waals surface area (Å²) < 4.78 is 5.93. The standard InChI is InChI=1S/C15H23NO/c1-15(2,3)8-7-11-5-4-6-12-9-13(10-16)17-14(11)12/h4-6,13H,7-10,16H2,1-3H3. The van der Waals surface area contributed by atoms with Gasteiger partial charge in [0.1, 0.15) is 11.9 Å². The molecule has 1 aliphatic rings. The average molecular weight is 233 g/mol. The first-order valence-corrected chi connectivity index (χ1v) is 6.47. The van der Waals surface area contributed by atoms with Gasteiger partial charge in [0, 0.05) is 13.0 Å². The number of ether oxygens (including phenoxy) is 1. The summed E-state index contributed by atoms with van der Waals surface area (Å²) in [5, 5.41) is 0.